The predicted molar refractivity (Wildman–Crippen MR) is 52.9 cm³/mol. The van der Waals surface area contributed by atoms with E-state index in [9.17, 15) is 9.59 Å². The summed E-state index contributed by atoms with van der Waals surface area (Å²) in [7, 11) is 0. The second-order valence-electron chi connectivity index (χ2n) is 4.11. The standard InChI is InChI=1S/C11H16O3/c1-7(2)6-10(12)8-4-3-5-9(8)11(13)14/h6,8-9H,3-5H2,1-2H3,(H,13,14). The molecule has 0 radical (unpaired) electrons. The van der Waals surface area contributed by atoms with E-state index in [0.717, 1.165) is 18.4 Å². The molecule has 0 bridgehead atoms. The van der Waals surface area contributed by atoms with Gasteiger partial charge in [-0.15, -0.1) is 0 Å². The van der Waals surface area contributed by atoms with Crippen LogP contribution in [0.3, 0.4) is 0 Å². The molecule has 1 N–H and O–H groups in total. The molecule has 1 saturated carbocycles. The van der Waals surface area contributed by atoms with Crippen LogP contribution < -0.4 is 0 Å². The van der Waals surface area contributed by atoms with Crippen molar-refractivity contribution in [1.82, 2.24) is 0 Å². The lowest BCUT2D eigenvalue weighted by molar-refractivity contribution is -0.144. The number of carbonyl (C=O) groups is 2. The lowest BCUT2D eigenvalue weighted by Gasteiger charge is -2.12. The molecule has 0 aromatic carbocycles. The topological polar surface area (TPSA) is 54.4 Å². The number of ketones is 1. The number of allylic oxidation sites excluding steroid dienone is 2. The Labute approximate surface area is 83.8 Å². The SMILES string of the molecule is CC(C)=CC(=O)C1CCCC1C(=O)O. The maximum absolute atomic E-state index is 11.6. The van der Waals surface area contributed by atoms with Crippen molar-refractivity contribution in [3.63, 3.8) is 0 Å². The monoisotopic (exact) mass is 196 g/mol. The number of aliphatic carboxylic acids is 1. The zero-order valence-corrected chi connectivity index (χ0v) is 8.62. The van der Waals surface area contributed by atoms with Crippen molar-refractivity contribution in [2.75, 3.05) is 0 Å². The van der Waals surface area contributed by atoms with Gasteiger partial charge in [-0.05, 0) is 32.8 Å². The summed E-state index contributed by atoms with van der Waals surface area (Å²) in [5.41, 5.74) is 0.936. The van der Waals surface area contributed by atoms with Crippen molar-refractivity contribution in [3.8, 4) is 0 Å². The molecule has 3 nitrogen and oxygen atoms in total. The second kappa shape index (κ2) is 4.40. The van der Waals surface area contributed by atoms with Crippen molar-refractivity contribution in [2.45, 2.75) is 33.1 Å². The molecule has 2 atom stereocenters. The zero-order chi connectivity index (χ0) is 10.7. The molecule has 0 aromatic rings. The van der Waals surface area contributed by atoms with E-state index in [1.54, 1.807) is 6.08 Å². The summed E-state index contributed by atoms with van der Waals surface area (Å²) >= 11 is 0. The van der Waals surface area contributed by atoms with Gasteiger partial charge in [0.25, 0.3) is 0 Å². The van der Waals surface area contributed by atoms with Gasteiger partial charge in [0.1, 0.15) is 0 Å². The fourth-order valence-corrected chi connectivity index (χ4v) is 1.99. The van der Waals surface area contributed by atoms with Gasteiger partial charge in [-0.2, -0.15) is 0 Å². The van der Waals surface area contributed by atoms with Gasteiger partial charge in [0.2, 0.25) is 0 Å². The van der Waals surface area contributed by atoms with Gasteiger partial charge < -0.3 is 5.11 Å². The fourth-order valence-electron chi connectivity index (χ4n) is 1.99. The third kappa shape index (κ3) is 2.44. The Hall–Kier alpha value is -1.12. The number of hydrogen-bond acceptors (Lipinski definition) is 2. The summed E-state index contributed by atoms with van der Waals surface area (Å²) in [6.07, 6.45) is 3.78. The third-order valence-corrected chi connectivity index (χ3v) is 2.63. The van der Waals surface area contributed by atoms with Crippen molar-refractivity contribution in [3.05, 3.63) is 11.6 Å². The minimum Gasteiger partial charge on any atom is -0.481 e. The Morgan fingerprint density at radius 3 is 2.29 bits per heavy atom. The fraction of sp³-hybridized carbons (Fsp3) is 0.636. The van der Waals surface area contributed by atoms with Gasteiger partial charge in [-0.3, -0.25) is 9.59 Å². The number of carbonyl (C=O) groups excluding carboxylic acids is 1. The van der Waals surface area contributed by atoms with E-state index in [0.29, 0.717) is 6.42 Å². The van der Waals surface area contributed by atoms with Crippen LogP contribution in [0, 0.1) is 11.8 Å². The van der Waals surface area contributed by atoms with E-state index in [-0.39, 0.29) is 11.7 Å². The Morgan fingerprint density at radius 1 is 1.21 bits per heavy atom. The van der Waals surface area contributed by atoms with Crippen LogP contribution in [0.5, 0.6) is 0 Å². The van der Waals surface area contributed by atoms with Gasteiger partial charge in [0.05, 0.1) is 5.92 Å². The molecule has 0 heterocycles. The lowest BCUT2D eigenvalue weighted by atomic mass is 9.91. The van der Waals surface area contributed by atoms with Gasteiger partial charge in [0, 0.05) is 5.92 Å². The van der Waals surface area contributed by atoms with Gasteiger partial charge in [0.15, 0.2) is 5.78 Å². The molecule has 78 valence electrons. The maximum Gasteiger partial charge on any atom is 0.307 e. The average Bonchev–Trinajstić information content (AvgIpc) is 2.49. The highest BCUT2D eigenvalue weighted by Crippen LogP contribution is 2.33. The minimum atomic E-state index is -0.831. The smallest absolute Gasteiger partial charge is 0.307 e. The number of carboxylic acids is 1. The van der Waals surface area contributed by atoms with E-state index < -0.39 is 11.9 Å². The molecular weight excluding hydrogens is 180 g/mol. The molecule has 14 heavy (non-hydrogen) atoms. The lowest BCUT2D eigenvalue weighted by Crippen LogP contribution is -2.24. The highest BCUT2D eigenvalue weighted by atomic mass is 16.4. The van der Waals surface area contributed by atoms with Crippen molar-refractivity contribution < 1.29 is 14.7 Å². The van der Waals surface area contributed by atoms with Crippen LogP contribution in [0.25, 0.3) is 0 Å². The Bertz CT molecular complexity index is 274. The maximum atomic E-state index is 11.6. The second-order valence-corrected chi connectivity index (χ2v) is 4.11. The molecule has 1 aliphatic carbocycles. The summed E-state index contributed by atoms with van der Waals surface area (Å²) < 4.78 is 0. The molecule has 2 unspecified atom stereocenters. The molecule has 3 heteroatoms. The first-order valence-electron chi connectivity index (χ1n) is 4.94. The third-order valence-electron chi connectivity index (χ3n) is 2.63. The summed E-state index contributed by atoms with van der Waals surface area (Å²) in [6.45, 7) is 3.70. The molecule has 0 saturated heterocycles. The number of hydrogen-bond donors (Lipinski definition) is 1. The van der Waals surface area contributed by atoms with E-state index in [1.165, 1.54) is 0 Å². The van der Waals surface area contributed by atoms with Crippen molar-refractivity contribution in [1.29, 1.82) is 0 Å². The van der Waals surface area contributed by atoms with E-state index in [4.69, 9.17) is 5.11 Å². The summed E-state index contributed by atoms with van der Waals surface area (Å²) in [5, 5.41) is 8.89. The number of rotatable bonds is 3. The van der Waals surface area contributed by atoms with Gasteiger partial charge >= 0.3 is 5.97 Å². The predicted octanol–water partition coefficient (Wildman–Crippen LogP) is 2.02. The summed E-state index contributed by atoms with van der Waals surface area (Å²) in [4.78, 5) is 22.5. The molecule has 0 spiro atoms. The first-order valence-corrected chi connectivity index (χ1v) is 4.94. The molecular formula is C11H16O3. The van der Waals surface area contributed by atoms with Crippen LogP contribution in [0.2, 0.25) is 0 Å². The van der Waals surface area contributed by atoms with E-state index >= 15 is 0 Å². The molecule has 1 aliphatic rings. The van der Waals surface area contributed by atoms with E-state index in [2.05, 4.69) is 0 Å². The van der Waals surface area contributed by atoms with Crippen LogP contribution in [0.4, 0.5) is 0 Å². The van der Waals surface area contributed by atoms with Crippen LogP contribution in [0.1, 0.15) is 33.1 Å². The summed E-state index contributed by atoms with van der Waals surface area (Å²) in [5.74, 6) is -1.60. The van der Waals surface area contributed by atoms with Crippen molar-refractivity contribution in [2.24, 2.45) is 11.8 Å². The average molecular weight is 196 g/mol. The molecule has 0 aromatic heterocycles. The largest absolute Gasteiger partial charge is 0.481 e. The highest BCUT2D eigenvalue weighted by molar-refractivity contribution is 5.95. The van der Waals surface area contributed by atoms with Crippen molar-refractivity contribution >= 4 is 11.8 Å². The van der Waals surface area contributed by atoms with Crippen LogP contribution in [-0.4, -0.2) is 16.9 Å². The first kappa shape index (κ1) is 11.0. The molecule has 1 rings (SSSR count). The summed E-state index contributed by atoms with van der Waals surface area (Å²) in [6, 6.07) is 0. The van der Waals surface area contributed by atoms with Gasteiger partial charge in [-0.25, -0.2) is 0 Å². The Balaban J connectivity index is 2.72. The first-order chi connectivity index (χ1) is 6.52. The highest BCUT2D eigenvalue weighted by Gasteiger charge is 2.36. The van der Waals surface area contributed by atoms with Gasteiger partial charge in [-0.1, -0.05) is 12.0 Å². The van der Waals surface area contributed by atoms with Crippen LogP contribution in [0.15, 0.2) is 11.6 Å². The quantitative estimate of drug-likeness (QED) is 0.702. The minimum absolute atomic E-state index is 0.0186. The zero-order valence-electron chi connectivity index (χ0n) is 8.62. The molecule has 0 aliphatic heterocycles. The van der Waals surface area contributed by atoms with E-state index in [1.807, 2.05) is 13.8 Å². The van der Waals surface area contributed by atoms with Crippen LogP contribution in [-0.2, 0) is 9.59 Å². The molecule has 1 fully saturated rings. The normalized spacial score (nSPS) is 25.9. The van der Waals surface area contributed by atoms with Crippen LogP contribution >= 0.6 is 0 Å². The Kier molecular flexibility index (Phi) is 3.44. The molecule has 0 amide bonds. The number of carboxylic acid groups (broad SMARTS) is 1. The Morgan fingerprint density at radius 2 is 1.79 bits per heavy atom.